The van der Waals surface area contributed by atoms with Crippen LogP contribution in [0.1, 0.15) is 36.8 Å². The first-order valence-electron chi connectivity index (χ1n) is 4.94. The molecule has 0 fully saturated rings. The van der Waals surface area contributed by atoms with Crippen molar-refractivity contribution in [2.45, 2.75) is 32.7 Å². The molecule has 2 rings (SSSR count). The molecule has 0 aliphatic carbocycles. The van der Waals surface area contributed by atoms with Crippen molar-refractivity contribution in [3.63, 3.8) is 0 Å². The molecule has 2 heterocycles. The fourth-order valence-electron chi connectivity index (χ4n) is 1.58. The van der Waals surface area contributed by atoms with Crippen molar-refractivity contribution in [2.24, 2.45) is 0 Å². The maximum absolute atomic E-state index is 6.10. The maximum atomic E-state index is 6.10. The largest absolute Gasteiger partial charge is 0.312 e. The topological polar surface area (TPSA) is 37.8 Å². The monoisotopic (exact) mass is 211 g/mol. The average molecular weight is 212 g/mol. The Morgan fingerprint density at radius 1 is 1.36 bits per heavy atom. The van der Waals surface area contributed by atoms with Crippen molar-refractivity contribution in [2.75, 3.05) is 6.54 Å². The van der Waals surface area contributed by atoms with E-state index < -0.39 is 0 Å². The number of hydrogen-bond acceptors (Lipinski definition) is 3. The molecular formula is C10H14ClN3. The van der Waals surface area contributed by atoms with E-state index in [1.807, 2.05) is 0 Å². The van der Waals surface area contributed by atoms with E-state index in [9.17, 15) is 0 Å². The van der Waals surface area contributed by atoms with E-state index in [1.165, 1.54) is 0 Å². The first-order chi connectivity index (χ1) is 6.68. The number of hydrogen-bond donors (Lipinski definition) is 1. The predicted molar refractivity (Wildman–Crippen MR) is 56.5 cm³/mol. The zero-order valence-electron chi connectivity index (χ0n) is 8.47. The number of halogens is 1. The van der Waals surface area contributed by atoms with Crippen LogP contribution in [0.4, 0.5) is 0 Å². The number of rotatable bonds is 1. The molecule has 0 atom stereocenters. The summed E-state index contributed by atoms with van der Waals surface area (Å²) in [5.41, 5.74) is 2.19. The zero-order chi connectivity index (χ0) is 10.1. The van der Waals surface area contributed by atoms with Crippen molar-refractivity contribution in [3.8, 4) is 0 Å². The smallest absolute Gasteiger partial charge is 0.137 e. The number of nitrogens with zero attached hydrogens (tertiary/aromatic N) is 2. The molecule has 1 aromatic heterocycles. The second-order valence-electron chi connectivity index (χ2n) is 3.88. The molecule has 0 saturated heterocycles. The number of fused-ring (bicyclic) bond motifs is 1. The van der Waals surface area contributed by atoms with Crippen LogP contribution in [-0.4, -0.2) is 16.5 Å². The fraction of sp³-hybridized carbons (Fsp3) is 0.600. The molecule has 0 spiro atoms. The van der Waals surface area contributed by atoms with Gasteiger partial charge < -0.3 is 5.32 Å². The van der Waals surface area contributed by atoms with Crippen LogP contribution in [0.25, 0.3) is 0 Å². The van der Waals surface area contributed by atoms with E-state index >= 15 is 0 Å². The van der Waals surface area contributed by atoms with Crippen LogP contribution in [0.15, 0.2) is 0 Å². The van der Waals surface area contributed by atoms with Crippen LogP contribution in [0.3, 0.4) is 0 Å². The van der Waals surface area contributed by atoms with Gasteiger partial charge in [0.1, 0.15) is 11.0 Å². The van der Waals surface area contributed by atoms with Gasteiger partial charge in [0.05, 0.1) is 5.69 Å². The van der Waals surface area contributed by atoms with Gasteiger partial charge in [0.25, 0.3) is 0 Å². The molecular weight excluding hydrogens is 198 g/mol. The third kappa shape index (κ3) is 1.74. The minimum absolute atomic E-state index is 0.340. The van der Waals surface area contributed by atoms with Gasteiger partial charge in [-0.2, -0.15) is 0 Å². The molecule has 3 nitrogen and oxygen atoms in total. The van der Waals surface area contributed by atoms with Crippen LogP contribution < -0.4 is 5.32 Å². The number of aromatic nitrogens is 2. The normalized spacial score (nSPS) is 15.7. The fourth-order valence-corrected chi connectivity index (χ4v) is 1.84. The molecule has 1 aliphatic heterocycles. The average Bonchev–Trinajstić information content (AvgIpc) is 2.17. The Labute approximate surface area is 88.9 Å². The Hall–Kier alpha value is -0.670. The van der Waals surface area contributed by atoms with Gasteiger partial charge >= 0.3 is 0 Å². The molecule has 1 aromatic rings. The summed E-state index contributed by atoms with van der Waals surface area (Å²) in [7, 11) is 0. The highest BCUT2D eigenvalue weighted by molar-refractivity contribution is 6.30. The Kier molecular flexibility index (Phi) is 2.70. The summed E-state index contributed by atoms with van der Waals surface area (Å²) in [6.45, 7) is 5.95. The van der Waals surface area contributed by atoms with Crippen molar-refractivity contribution in [1.29, 1.82) is 0 Å². The van der Waals surface area contributed by atoms with Crippen LogP contribution in [0.2, 0.25) is 5.15 Å². The summed E-state index contributed by atoms with van der Waals surface area (Å²) in [5.74, 6) is 1.20. The molecule has 0 bridgehead atoms. The van der Waals surface area contributed by atoms with E-state index in [0.717, 1.165) is 36.6 Å². The Morgan fingerprint density at radius 3 is 2.86 bits per heavy atom. The van der Waals surface area contributed by atoms with Gasteiger partial charge in [-0.15, -0.1) is 0 Å². The van der Waals surface area contributed by atoms with Crippen molar-refractivity contribution < 1.29 is 0 Å². The lowest BCUT2D eigenvalue weighted by Gasteiger charge is -2.18. The predicted octanol–water partition coefficient (Wildman–Crippen LogP) is 1.90. The van der Waals surface area contributed by atoms with E-state index in [-0.39, 0.29) is 0 Å². The lowest BCUT2D eigenvalue weighted by molar-refractivity contribution is 0.614. The molecule has 76 valence electrons. The Morgan fingerprint density at radius 2 is 2.14 bits per heavy atom. The standard InChI is InChI=1S/C10H14ClN3/c1-6(2)10-13-8-3-4-12-5-7(8)9(11)14-10/h6,12H,3-5H2,1-2H3. The highest BCUT2D eigenvalue weighted by Gasteiger charge is 2.17. The van der Waals surface area contributed by atoms with Crippen molar-refractivity contribution >= 4 is 11.6 Å². The zero-order valence-corrected chi connectivity index (χ0v) is 9.23. The van der Waals surface area contributed by atoms with E-state index in [1.54, 1.807) is 0 Å². The number of nitrogens with one attached hydrogen (secondary N) is 1. The minimum Gasteiger partial charge on any atom is -0.312 e. The molecule has 0 saturated carbocycles. The Balaban J connectivity index is 2.46. The molecule has 0 aromatic carbocycles. The van der Waals surface area contributed by atoms with Crippen molar-refractivity contribution in [3.05, 3.63) is 22.2 Å². The lowest BCUT2D eigenvalue weighted by atomic mass is 10.1. The lowest BCUT2D eigenvalue weighted by Crippen LogP contribution is -2.26. The molecule has 4 heteroatoms. The quantitative estimate of drug-likeness (QED) is 0.722. The van der Waals surface area contributed by atoms with Gasteiger partial charge in [0.2, 0.25) is 0 Å². The molecule has 0 radical (unpaired) electrons. The van der Waals surface area contributed by atoms with Crippen molar-refractivity contribution in [1.82, 2.24) is 15.3 Å². The van der Waals surface area contributed by atoms with E-state index in [4.69, 9.17) is 11.6 Å². The van der Waals surface area contributed by atoms with Crippen LogP contribution in [0, 0.1) is 0 Å². The maximum Gasteiger partial charge on any atom is 0.137 e. The van der Waals surface area contributed by atoms with Gasteiger partial charge in [-0.1, -0.05) is 25.4 Å². The summed E-state index contributed by atoms with van der Waals surface area (Å²) in [5, 5.41) is 3.88. The molecule has 14 heavy (non-hydrogen) atoms. The van der Waals surface area contributed by atoms with E-state index in [2.05, 4.69) is 29.1 Å². The summed E-state index contributed by atoms with van der Waals surface area (Å²) in [6.07, 6.45) is 0.956. The van der Waals surface area contributed by atoms with Gasteiger partial charge in [-0.3, -0.25) is 0 Å². The molecule has 0 unspecified atom stereocenters. The molecule has 1 aliphatic rings. The van der Waals surface area contributed by atoms with Gasteiger partial charge in [0, 0.05) is 31.0 Å². The van der Waals surface area contributed by atoms with Crippen LogP contribution >= 0.6 is 11.6 Å². The SMILES string of the molecule is CC(C)c1nc(Cl)c2c(n1)CCNC2. The van der Waals surface area contributed by atoms with E-state index in [0.29, 0.717) is 11.1 Å². The molecule has 0 amide bonds. The second-order valence-corrected chi connectivity index (χ2v) is 4.24. The summed E-state index contributed by atoms with van der Waals surface area (Å²) >= 11 is 6.10. The van der Waals surface area contributed by atoms with Crippen LogP contribution in [0.5, 0.6) is 0 Å². The van der Waals surface area contributed by atoms with Crippen LogP contribution in [-0.2, 0) is 13.0 Å². The van der Waals surface area contributed by atoms with Gasteiger partial charge in [-0.05, 0) is 0 Å². The third-order valence-corrected chi connectivity index (χ3v) is 2.73. The minimum atomic E-state index is 0.340. The Bertz CT molecular complexity index is 349. The molecule has 1 N–H and O–H groups in total. The summed E-state index contributed by atoms with van der Waals surface area (Å²) in [4.78, 5) is 8.84. The first-order valence-corrected chi connectivity index (χ1v) is 5.32. The van der Waals surface area contributed by atoms with Gasteiger partial charge in [0.15, 0.2) is 0 Å². The third-order valence-electron chi connectivity index (χ3n) is 2.42. The summed E-state index contributed by atoms with van der Waals surface area (Å²) < 4.78 is 0. The summed E-state index contributed by atoms with van der Waals surface area (Å²) in [6, 6.07) is 0. The van der Waals surface area contributed by atoms with Gasteiger partial charge in [-0.25, -0.2) is 9.97 Å². The highest BCUT2D eigenvalue weighted by Crippen LogP contribution is 2.22. The first kappa shape index (κ1) is 9.87. The second kappa shape index (κ2) is 3.83. The highest BCUT2D eigenvalue weighted by atomic mass is 35.5.